The van der Waals surface area contributed by atoms with Crippen LogP contribution < -0.4 is 10.5 Å². The van der Waals surface area contributed by atoms with Gasteiger partial charge in [0.2, 0.25) is 10.0 Å². The van der Waals surface area contributed by atoms with Crippen molar-refractivity contribution in [2.75, 3.05) is 12.3 Å². The predicted octanol–water partition coefficient (Wildman–Crippen LogP) is 0.626. The number of nitrogens with two attached hydrogens (primary N) is 1. The summed E-state index contributed by atoms with van der Waals surface area (Å²) in [6, 6.07) is 4.25. The van der Waals surface area contributed by atoms with Crippen LogP contribution in [-0.4, -0.2) is 26.2 Å². The molecule has 4 N–H and O–H groups in total. The lowest BCUT2D eigenvalue weighted by molar-refractivity contribution is 0.254. The average molecular weight is 258 g/mol. The van der Waals surface area contributed by atoms with Gasteiger partial charge >= 0.3 is 0 Å². The molecule has 0 amide bonds. The zero-order valence-electron chi connectivity index (χ0n) is 9.97. The molecule has 1 rings (SSSR count). The van der Waals surface area contributed by atoms with Gasteiger partial charge in [-0.2, -0.15) is 0 Å². The maximum absolute atomic E-state index is 12.1. The number of aliphatic hydroxyl groups is 1. The Labute approximate surface area is 102 Å². The van der Waals surface area contributed by atoms with Crippen molar-refractivity contribution in [3.8, 4) is 0 Å². The van der Waals surface area contributed by atoms with Gasteiger partial charge < -0.3 is 10.8 Å². The molecule has 0 heterocycles. The third-order valence-corrected chi connectivity index (χ3v) is 4.20. The molecule has 0 spiro atoms. The largest absolute Gasteiger partial charge is 0.399 e. The second-order valence-electron chi connectivity index (χ2n) is 3.93. The Hall–Kier alpha value is -1.11. The first-order valence-corrected chi connectivity index (χ1v) is 6.88. The first-order chi connectivity index (χ1) is 7.90. The molecule has 0 radical (unpaired) electrons. The zero-order chi connectivity index (χ0) is 13.1. The van der Waals surface area contributed by atoms with Crippen LogP contribution in [0.2, 0.25) is 0 Å². The molecule has 0 aliphatic heterocycles. The fourth-order valence-corrected chi connectivity index (χ4v) is 3.03. The first kappa shape index (κ1) is 14.0. The fraction of sp³-hybridized carbons (Fsp3) is 0.455. The summed E-state index contributed by atoms with van der Waals surface area (Å²) >= 11 is 0. The van der Waals surface area contributed by atoms with Crippen LogP contribution in [-0.2, 0) is 10.0 Å². The van der Waals surface area contributed by atoms with Crippen LogP contribution in [0.25, 0.3) is 0 Å². The van der Waals surface area contributed by atoms with Crippen molar-refractivity contribution in [2.24, 2.45) is 0 Å². The molecular weight excluding hydrogens is 240 g/mol. The van der Waals surface area contributed by atoms with Gasteiger partial charge in [0.05, 0.1) is 11.5 Å². The van der Waals surface area contributed by atoms with E-state index in [4.69, 9.17) is 10.8 Å². The normalized spacial score (nSPS) is 13.6. The maximum atomic E-state index is 12.1. The van der Waals surface area contributed by atoms with Gasteiger partial charge in [-0.1, -0.05) is 13.0 Å². The number of nitrogen functional groups attached to an aromatic ring is 1. The van der Waals surface area contributed by atoms with Gasteiger partial charge in [-0.3, -0.25) is 0 Å². The topological polar surface area (TPSA) is 92.4 Å². The molecule has 5 nitrogen and oxygen atoms in total. The molecule has 96 valence electrons. The smallest absolute Gasteiger partial charge is 0.241 e. The fourth-order valence-electron chi connectivity index (χ4n) is 1.44. The number of anilines is 1. The molecule has 1 aromatic carbocycles. The number of aliphatic hydroxyl groups excluding tert-OH is 1. The predicted molar refractivity (Wildman–Crippen MR) is 67.1 cm³/mol. The summed E-state index contributed by atoms with van der Waals surface area (Å²) in [5.74, 6) is 0. The highest BCUT2D eigenvalue weighted by molar-refractivity contribution is 7.89. The van der Waals surface area contributed by atoms with E-state index in [9.17, 15) is 8.42 Å². The lowest BCUT2D eigenvalue weighted by Crippen LogP contribution is -2.37. The van der Waals surface area contributed by atoms with Crippen LogP contribution in [0.15, 0.2) is 23.1 Å². The molecule has 0 aliphatic rings. The van der Waals surface area contributed by atoms with Gasteiger partial charge in [0, 0.05) is 11.7 Å². The summed E-state index contributed by atoms with van der Waals surface area (Å²) in [5.41, 5.74) is 6.60. The summed E-state index contributed by atoms with van der Waals surface area (Å²) in [5, 5.41) is 9.01. The summed E-state index contributed by atoms with van der Waals surface area (Å²) in [6.07, 6.45) is 0.525. The molecule has 17 heavy (non-hydrogen) atoms. The first-order valence-electron chi connectivity index (χ1n) is 5.40. The van der Waals surface area contributed by atoms with Gasteiger partial charge in [-0.15, -0.1) is 0 Å². The summed E-state index contributed by atoms with van der Waals surface area (Å²) in [6.45, 7) is 3.28. The van der Waals surface area contributed by atoms with E-state index < -0.39 is 16.1 Å². The molecule has 0 aromatic heterocycles. The van der Waals surface area contributed by atoms with Crippen molar-refractivity contribution in [3.05, 3.63) is 23.8 Å². The van der Waals surface area contributed by atoms with E-state index in [0.717, 1.165) is 0 Å². The number of rotatable bonds is 5. The van der Waals surface area contributed by atoms with Crippen molar-refractivity contribution in [2.45, 2.75) is 31.2 Å². The molecule has 0 aliphatic carbocycles. The number of sulfonamides is 1. The monoisotopic (exact) mass is 258 g/mol. The Balaban J connectivity index is 3.09. The van der Waals surface area contributed by atoms with Gasteiger partial charge in [0.15, 0.2) is 0 Å². The SMILES string of the molecule is CC[C@H](CO)NS(=O)(=O)c1cc(N)ccc1C. The third kappa shape index (κ3) is 3.42. The standard InChI is InChI=1S/C11H18N2O3S/c1-3-10(7-14)13-17(15,16)11-6-9(12)5-4-8(11)2/h4-6,10,13-14H,3,7,12H2,1-2H3/t10-/m1/s1. The number of hydrogen-bond acceptors (Lipinski definition) is 4. The second-order valence-corrected chi connectivity index (χ2v) is 5.62. The number of hydrogen-bond donors (Lipinski definition) is 3. The molecule has 0 bridgehead atoms. The summed E-state index contributed by atoms with van der Waals surface area (Å²) < 4.78 is 26.6. The van der Waals surface area contributed by atoms with Gasteiger partial charge in [0.25, 0.3) is 0 Å². The van der Waals surface area contributed by atoms with Crippen molar-refractivity contribution in [3.63, 3.8) is 0 Å². The van der Waals surface area contributed by atoms with Gasteiger partial charge in [-0.05, 0) is 31.0 Å². The van der Waals surface area contributed by atoms with Crippen molar-refractivity contribution < 1.29 is 13.5 Å². The molecule has 0 saturated heterocycles. The van der Waals surface area contributed by atoms with Crippen LogP contribution in [0.3, 0.4) is 0 Å². The molecule has 1 aromatic rings. The Morgan fingerprint density at radius 1 is 1.47 bits per heavy atom. The molecular formula is C11H18N2O3S. The number of aryl methyl sites for hydroxylation is 1. The Kier molecular flexibility index (Phi) is 4.50. The van der Waals surface area contributed by atoms with Crippen LogP contribution in [0.4, 0.5) is 5.69 Å². The van der Waals surface area contributed by atoms with Gasteiger partial charge in [0.1, 0.15) is 0 Å². The molecule has 1 atom stereocenters. The van der Waals surface area contributed by atoms with Crippen molar-refractivity contribution in [1.29, 1.82) is 0 Å². The Morgan fingerprint density at radius 3 is 2.65 bits per heavy atom. The van der Waals surface area contributed by atoms with Crippen LogP contribution >= 0.6 is 0 Å². The van der Waals surface area contributed by atoms with E-state index >= 15 is 0 Å². The lowest BCUT2D eigenvalue weighted by atomic mass is 10.2. The van der Waals surface area contributed by atoms with E-state index in [1.54, 1.807) is 26.0 Å². The minimum Gasteiger partial charge on any atom is -0.399 e. The van der Waals surface area contributed by atoms with Gasteiger partial charge in [-0.25, -0.2) is 13.1 Å². The van der Waals surface area contributed by atoms with Crippen LogP contribution in [0.5, 0.6) is 0 Å². The van der Waals surface area contributed by atoms with E-state index in [0.29, 0.717) is 17.7 Å². The van der Waals surface area contributed by atoms with E-state index in [2.05, 4.69) is 4.72 Å². The maximum Gasteiger partial charge on any atom is 0.241 e. The van der Waals surface area contributed by atoms with E-state index in [1.165, 1.54) is 6.07 Å². The number of nitrogens with one attached hydrogen (secondary N) is 1. The van der Waals surface area contributed by atoms with E-state index in [1.807, 2.05) is 0 Å². The second kappa shape index (κ2) is 5.48. The Morgan fingerprint density at radius 2 is 2.12 bits per heavy atom. The zero-order valence-corrected chi connectivity index (χ0v) is 10.8. The molecule has 0 saturated carbocycles. The quantitative estimate of drug-likeness (QED) is 0.675. The lowest BCUT2D eigenvalue weighted by Gasteiger charge is -2.15. The molecule has 0 unspecified atom stereocenters. The van der Waals surface area contributed by atoms with Crippen LogP contribution in [0, 0.1) is 6.92 Å². The third-order valence-electron chi connectivity index (χ3n) is 2.54. The minimum atomic E-state index is -3.63. The number of benzene rings is 1. The Bertz CT molecular complexity index is 481. The highest BCUT2D eigenvalue weighted by Gasteiger charge is 2.20. The summed E-state index contributed by atoms with van der Waals surface area (Å²) in [7, 11) is -3.63. The van der Waals surface area contributed by atoms with Crippen molar-refractivity contribution in [1.82, 2.24) is 4.72 Å². The summed E-state index contributed by atoms with van der Waals surface area (Å²) in [4.78, 5) is 0.157. The molecule has 6 heteroatoms. The van der Waals surface area contributed by atoms with Crippen molar-refractivity contribution >= 4 is 15.7 Å². The average Bonchev–Trinajstić information content (AvgIpc) is 2.29. The minimum absolute atomic E-state index is 0.157. The highest BCUT2D eigenvalue weighted by atomic mass is 32.2. The van der Waals surface area contributed by atoms with Crippen LogP contribution in [0.1, 0.15) is 18.9 Å². The molecule has 0 fully saturated rings. The highest BCUT2D eigenvalue weighted by Crippen LogP contribution is 2.18. The van der Waals surface area contributed by atoms with E-state index in [-0.39, 0.29) is 11.5 Å².